The second-order valence-corrected chi connectivity index (χ2v) is 9.49. The van der Waals surface area contributed by atoms with Crippen LogP contribution in [0.4, 0.5) is 10.2 Å². The Balaban J connectivity index is 1.44. The molecule has 2 bridgehead atoms. The van der Waals surface area contributed by atoms with Crippen LogP contribution in [0.5, 0.6) is 0 Å². The third kappa shape index (κ3) is 3.15. The van der Waals surface area contributed by atoms with Crippen molar-refractivity contribution in [1.29, 1.82) is 0 Å². The Morgan fingerprint density at radius 3 is 2.72 bits per heavy atom. The molecule has 3 heterocycles. The van der Waals surface area contributed by atoms with Crippen molar-refractivity contribution in [3.8, 4) is 11.4 Å². The third-order valence-electron chi connectivity index (χ3n) is 7.73. The maximum absolute atomic E-state index is 13.9. The number of carboxylic acids is 1. The lowest BCUT2D eigenvalue weighted by Gasteiger charge is -2.47. The van der Waals surface area contributed by atoms with Gasteiger partial charge in [0.2, 0.25) is 0 Å². The number of hydrogen-bond acceptors (Lipinski definition) is 5. The van der Waals surface area contributed by atoms with Crippen LogP contribution in [0.1, 0.15) is 49.8 Å². The molecular weight excluding hydrogens is 409 g/mol. The van der Waals surface area contributed by atoms with E-state index in [1.807, 2.05) is 0 Å². The maximum atomic E-state index is 13.9. The van der Waals surface area contributed by atoms with E-state index in [4.69, 9.17) is 9.97 Å². The van der Waals surface area contributed by atoms with E-state index in [-0.39, 0.29) is 17.9 Å². The lowest BCUT2D eigenvalue weighted by molar-refractivity contribution is -0.148. The number of nitrogens with one attached hydrogen (secondary N) is 2. The fourth-order valence-electron chi connectivity index (χ4n) is 6.17. The number of aromatic amines is 1. The molecule has 0 radical (unpaired) electrons. The van der Waals surface area contributed by atoms with Crippen LogP contribution in [0.15, 0.2) is 18.5 Å². The molecule has 3 N–H and O–H groups in total. The zero-order valence-corrected chi connectivity index (χ0v) is 17.8. The van der Waals surface area contributed by atoms with Gasteiger partial charge in [-0.1, -0.05) is 0 Å². The summed E-state index contributed by atoms with van der Waals surface area (Å²) < 4.78 is 13.9. The molecule has 3 fully saturated rings. The van der Waals surface area contributed by atoms with Crippen LogP contribution in [-0.2, 0) is 17.6 Å². The average Bonchev–Trinajstić information content (AvgIpc) is 3.22. The molecule has 32 heavy (non-hydrogen) atoms. The molecule has 0 spiro atoms. The second-order valence-electron chi connectivity index (χ2n) is 9.49. The van der Waals surface area contributed by atoms with E-state index in [0.717, 1.165) is 68.4 Å². The number of fused-ring (bicyclic) bond motifs is 5. The molecule has 3 aromatic heterocycles. The van der Waals surface area contributed by atoms with Gasteiger partial charge < -0.3 is 15.4 Å². The van der Waals surface area contributed by atoms with E-state index in [2.05, 4.69) is 15.3 Å². The second kappa shape index (κ2) is 7.53. The van der Waals surface area contributed by atoms with Gasteiger partial charge in [0.15, 0.2) is 5.82 Å². The molecular formula is C24H26FN5O2. The zero-order chi connectivity index (χ0) is 21.8. The average molecular weight is 436 g/mol. The summed E-state index contributed by atoms with van der Waals surface area (Å²) in [6, 6.07) is 1.33. The first kappa shape index (κ1) is 19.6. The minimum atomic E-state index is -0.710. The lowest BCUT2D eigenvalue weighted by Crippen LogP contribution is -2.51. The Bertz CT molecular complexity index is 1200. The van der Waals surface area contributed by atoms with Gasteiger partial charge in [0, 0.05) is 34.4 Å². The van der Waals surface area contributed by atoms with E-state index < -0.39 is 11.8 Å². The van der Waals surface area contributed by atoms with Gasteiger partial charge in [0.05, 0.1) is 12.1 Å². The Labute approximate surface area is 184 Å². The van der Waals surface area contributed by atoms with Crippen LogP contribution in [0.25, 0.3) is 22.4 Å². The predicted molar refractivity (Wildman–Crippen MR) is 118 cm³/mol. The number of halogens is 1. The number of anilines is 1. The first-order valence-electron chi connectivity index (χ1n) is 11.6. The summed E-state index contributed by atoms with van der Waals surface area (Å²) in [6.07, 6.45) is 11.0. The molecule has 3 aromatic rings. The summed E-state index contributed by atoms with van der Waals surface area (Å²) in [6.45, 7) is 0. The van der Waals surface area contributed by atoms with Gasteiger partial charge in [0.25, 0.3) is 0 Å². The number of aromatic nitrogens is 4. The van der Waals surface area contributed by atoms with Gasteiger partial charge in [-0.2, -0.15) is 0 Å². The highest BCUT2D eigenvalue weighted by Gasteiger charge is 2.47. The molecule has 7 nitrogen and oxygen atoms in total. The summed E-state index contributed by atoms with van der Waals surface area (Å²) in [5.74, 6) is 0.369. The molecule has 0 aromatic carbocycles. The minimum absolute atomic E-state index is 0.115. The monoisotopic (exact) mass is 435 g/mol. The van der Waals surface area contributed by atoms with Gasteiger partial charge in [-0.05, 0) is 69.3 Å². The van der Waals surface area contributed by atoms with Gasteiger partial charge >= 0.3 is 5.97 Å². The first-order chi connectivity index (χ1) is 15.6. The Morgan fingerprint density at radius 1 is 1.12 bits per heavy atom. The van der Waals surface area contributed by atoms with Crippen molar-refractivity contribution in [3.63, 3.8) is 0 Å². The summed E-state index contributed by atoms with van der Waals surface area (Å²) in [5, 5.41) is 14.2. The van der Waals surface area contributed by atoms with E-state index in [0.29, 0.717) is 28.3 Å². The smallest absolute Gasteiger partial charge is 0.308 e. The van der Waals surface area contributed by atoms with Crippen LogP contribution in [0, 0.1) is 23.6 Å². The number of H-pyrrole nitrogens is 1. The number of carbonyl (C=O) groups is 1. The van der Waals surface area contributed by atoms with Crippen molar-refractivity contribution in [3.05, 3.63) is 35.5 Å². The molecule has 0 unspecified atom stereocenters. The highest BCUT2D eigenvalue weighted by Crippen LogP contribution is 2.47. The van der Waals surface area contributed by atoms with E-state index >= 15 is 0 Å². The molecule has 0 saturated heterocycles. The molecule has 0 amide bonds. The van der Waals surface area contributed by atoms with Crippen molar-refractivity contribution >= 4 is 22.8 Å². The molecule has 0 aliphatic heterocycles. The largest absolute Gasteiger partial charge is 0.481 e. The van der Waals surface area contributed by atoms with Crippen molar-refractivity contribution in [2.24, 2.45) is 17.8 Å². The van der Waals surface area contributed by atoms with Gasteiger partial charge in [-0.3, -0.25) is 4.79 Å². The molecule has 4 aliphatic rings. The van der Waals surface area contributed by atoms with Gasteiger partial charge in [-0.15, -0.1) is 0 Å². The normalized spacial score (nSPS) is 26.8. The third-order valence-corrected chi connectivity index (χ3v) is 7.73. The maximum Gasteiger partial charge on any atom is 0.308 e. The SMILES string of the molecule is O=C(O)[C@H]1C2CCC(CC2)[C@@H]1Nc1nc(-c2c[nH]c3ncc(F)cc23)nc2c1CCCC2. The van der Waals surface area contributed by atoms with Crippen molar-refractivity contribution in [1.82, 2.24) is 19.9 Å². The minimum Gasteiger partial charge on any atom is -0.481 e. The molecule has 2 atom stereocenters. The molecule has 166 valence electrons. The number of rotatable bonds is 4. The Hall–Kier alpha value is -3.03. The van der Waals surface area contributed by atoms with E-state index in [1.165, 1.54) is 12.3 Å². The number of carboxylic acid groups (broad SMARTS) is 1. The topological polar surface area (TPSA) is 104 Å². The highest BCUT2D eigenvalue weighted by molar-refractivity contribution is 5.91. The molecule has 3 saturated carbocycles. The van der Waals surface area contributed by atoms with Crippen LogP contribution in [0.2, 0.25) is 0 Å². The number of hydrogen-bond donors (Lipinski definition) is 3. The number of nitrogens with zero attached hydrogens (tertiary/aromatic N) is 3. The Morgan fingerprint density at radius 2 is 1.91 bits per heavy atom. The summed E-state index contributed by atoms with van der Waals surface area (Å²) in [4.78, 5) is 29.1. The highest BCUT2D eigenvalue weighted by atomic mass is 19.1. The van der Waals surface area contributed by atoms with Crippen LogP contribution >= 0.6 is 0 Å². The number of aryl methyl sites for hydroxylation is 1. The number of pyridine rings is 1. The van der Waals surface area contributed by atoms with E-state index in [9.17, 15) is 14.3 Å². The standard InChI is InChI=1S/C24H26FN5O2/c25-14-9-16-17(11-27-21(16)26-10-14)23-28-18-4-2-1-3-15(18)22(30-23)29-20-13-7-5-12(6-8-13)19(20)24(31)32/h9-13,19-20H,1-8H2,(H,26,27)(H,31,32)(H,28,29,30)/t12?,13?,19-,20-/m0/s1. The molecule has 7 rings (SSSR count). The molecule has 8 heteroatoms. The van der Waals surface area contributed by atoms with Crippen molar-refractivity contribution in [2.45, 2.75) is 57.4 Å². The fourth-order valence-corrected chi connectivity index (χ4v) is 6.17. The molecule has 4 aliphatic carbocycles. The van der Waals surface area contributed by atoms with E-state index in [1.54, 1.807) is 6.20 Å². The summed E-state index contributed by atoms with van der Waals surface area (Å²) in [5.41, 5.74) is 3.42. The summed E-state index contributed by atoms with van der Waals surface area (Å²) in [7, 11) is 0. The Kier molecular flexibility index (Phi) is 4.62. The fraction of sp³-hybridized carbons (Fsp3) is 0.500. The predicted octanol–water partition coefficient (Wildman–Crippen LogP) is 4.34. The van der Waals surface area contributed by atoms with Crippen molar-refractivity contribution < 1.29 is 14.3 Å². The number of aliphatic carboxylic acids is 1. The van der Waals surface area contributed by atoms with Gasteiger partial charge in [-0.25, -0.2) is 19.3 Å². The van der Waals surface area contributed by atoms with Gasteiger partial charge in [0.1, 0.15) is 17.3 Å². The van der Waals surface area contributed by atoms with Crippen LogP contribution < -0.4 is 5.32 Å². The first-order valence-corrected chi connectivity index (χ1v) is 11.6. The van der Waals surface area contributed by atoms with Crippen LogP contribution in [0.3, 0.4) is 0 Å². The zero-order valence-electron chi connectivity index (χ0n) is 17.8. The summed E-state index contributed by atoms with van der Waals surface area (Å²) >= 11 is 0. The quantitative estimate of drug-likeness (QED) is 0.563. The van der Waals surface area contributed by atoms with Crippen molar-refractivity contribution in [2.75, 3.05) is 5.32 Å². The lowest BCUT2D eigenvalue weighted by atomic mass is 9.61. The van der Waals surface area contributed by atoms with Crippen LogP contribution in [-0.4, -0.2) is 37.1 Å².